The van der Waals surface area contributed by atoms with Crippen molar-refractivity contribution in [2.24, 2.45) is 0 Å². The zero-order valence-corrected chi connectivity index (χ0v) is 10.2. The van der Waals surface area contributed by atoms with Crippen LogP contribution in [0.3, 0.4) is 0 Å². The number of nitrogens with one attached hydrogen (secondary N) is 1. The number of nitriles is 1. The van der Waals surface area contributed by atoms with Crippen LogP contribution in [0.5, 0.6) is 0 Å². The molecule has 0 radical (unpaired) electrons. The van der Waals surface area contributed by atoms with Crippen LogP contribution >= 0.6 is 0 Å². The Labute approximate surface area is 93.5 Å². The van der Waals surface area contributed by atoms with Gasteiger partial charge in [0.05, 0.1) is 6.07 Å². The topological polar surface area (TPSA) is 39.1 Å². The zero-order chi connectivity index (χ0) is 11.3. The van der Waals surface area contributed by atoms with E-state index in [9.17, 15) is 5.26 Å². The predicted octanol–water partition coefficient (Wildman–Crippen LogP) is 1.75. The number of unbranched alkanes of at least 4 members (excludes halogenated alkanes) is 1. The smallest absolute Gasteiger partial charge is 0.116 e. The number of likely N-dealkylation sites (N-methyl/N-ethyl adjacent to an activating group) is 1. The van der Waals surface area contributed by atoms with Gasteiger partial charge in [-0.25, -0.2) is 0 Å². The minimum atomic E-state index is -0.371. The van der Waals surface area contributed by atoms with Crippen LogP contribution in [0, 0.1) is 11.3 Å². The maximum Gasteiger partial charge on any atom is 0.116 e. The van der Waals surface area contributed by atoms with E-state index in [1.54, 1.807) is 0 Å². The molecule has 1 rings (SSSR count). The average molecular weight is 209 g/mol. The van der Waals surface area contributed by atoms with Gasteiger partial charge >= 0.3 is 0 Å². The minimum Gasteiger partial charge on any atom is -0.303 e. The molecule has 1 fully saturated rings. The Kier molecular flexibility index (Phi) is 4.56. The molecule has 0 bridgehead atoms. The molecule has 0 aromatic heterocycles. The molecule has 0 aromatic carbocycles. The molecule has 1 aliphatic carbocycles. The van der Waals surface area contributed by atoms with Crippen LogP contribution in [-0.2, 0) is 0 Å². The zero-order valence-electron chi connectivity index (χ0n) is 10.2. The van der Waals surface area contributed by atoms with Gasteiger partial charge in [0, 0.05) is 12.6 Å². The fourth-order valence-electron chi connectivity index (χ4n) is 1.84. The van der Waals surface area contributed by atoms with E-state index < -0.39 is 0 Å². The molecule has 3 heteroatoms. The lowest BCUT2D eigenvalue weighted by Gasteiger charge is -2.28. The summed E-state index contributed by atoms with van der Waals surface area (Å²) in [7, 11) is 2.10. The third kappa shape index (κ3) is 4.63. The fraction of sp³-hybridized carbons (Fsp3) is 0.917. The minimum absolute atomic E-state index is 0.371. The third-order valence-electron chi connectivity index (χ3n) is 2.83. The Bertz CT molecular complexity index is 230. The average Bonchev–Trinajstić information content (AvgIpc) is 2.98. The van der Waals surface area contributed by atoms with E-state index in [4.69, 9.17) is 0 Å². The van der Waals surface area contributed by atoms with Gasteiger partial charge in [-0.2, -0.15) is 5.26 Å². The van der Waals surface area contributed by atoms with Gasteiger partial charge in [0.25, 0.3) is 0 Å². The lowest BCUT2D eigenvalue weighted by molar-refractivity contribution is 0.255. The summed E-state index contributed by atoms with van der Waals surface area (Å²) in [4.78, 5) is 2.25. The molecule has 86 valence electrons. The molecule has 3 nitrogen and oxygen atoms in total. The van der Waals surface area contributed by atoms with Crippen molar-refractivity contribution < 1.29 is 0 Å². The molecule has 0 spiro atoms. The van der Waals surface area contributed by atoms with Gasteiger partial charge in [0.15, 0.2) is 0 Å². The summed E-state index contributed by atoms with van der Waals surface area (Å²) in [6, 6.07) is 3.00. The van der Waals surface area contributed by atoms with Crippen molar-refractivity contribution in [3.8, 4) is 6.07 Å². The molecule has 15 heavy (non-hydrogen) atoms. The molecule has 1 saturated carbocycles. The fourth-order valence-corrected chi connectivity index (χ4v) is 1.84. The molecule has 0 saturated heterocycles. The summed E-state index contributed by atoms with van der Waals surface area (Å²) in [6.07, 6.45) is 4.89. The molecule has 1 atom stereocenters. The van der Waals surface area contributed by atoms with E-state index in [0.29, 0.717) is 6.04 Å². The van der Waals surface area contributed by atoms with Crippen molar-refractivity contribution in [1.82, 2.24) is 10.2 Å². The van der Waals surface area contributed by atoms with Crippen LogP contribution in [-0.4, -0.2) is 36.6 Å². The highest BCUT2D eigenvalue weighted by molar-refractivity contribution is 5.08. The predicted molar refractivity (Wildman–Crippen MR) is 62.6 cm³/mol. The van der Waals surface area contributed by atoms with Gasteiger partial charge < -0.3 is 4.90 Å². The van der Waals surface area contributed by atoms with Crippen molar-refractivity contribution >= 4 is 0 Å². The Balaban J connectivity index is 2.33. The molecule has 1 aliphatic rings. The summed E-state index contributed by atoms with van der Waals surface area (Å²) in [5.74, 6) is 0. The molecule has 0 heterocycles. The van der Waals surface area contributed by atoms with Crippen molar-refractivity contribution in [3.05, 3.63) is 0 Å². The summed E-state index contributed by atoms with van der Waals surface area (Å²) in [5, 5.41) is 12.6. The monoisotopic (exact) mass is 209 g/mol. The van der Waals surface area contributed by atoms with Crippen molar-refractivity contribution in [2.45, 2.75) is 51.1 Å². The Morgan fingerprint density at radius 3 is 2.67 bits per heavy atom. The highest BCUT2D eigenvalue weighted by Gasteiger charge is 2.33. The van der Waals surface area contributed by atoms with Crippen molar-refractivity contribution in [2.75, 3.05) is 20.1 Å². The Morgan fingerprint density at radius 2 is 2.20 bits per heavy atom. The third-order valence-corrected chi connectivity index (χ3v) is 2.83. The van der Waals surface area contributed by atoms with Gasteiger partial charge in [0.2, 0.25) is 0 Å². The molecule has 0 aliphatic heterocycles. The molecular formula is C12H23N3. The molecule has 0 aromatic rings. The first-order valence-electron chi connectivity index (χ1n) is 5.97. The van der Waals surface area contributed by atoms with Gasteiger partial charge in [0.1, 0.15) is 5.54 Å². The second-order valence-corrected chi connectivity index (χ2v) is 4.95. The van der Waals surface area contributed by atoms with E-state index in [1.165, 1.54) is 25.7 Å². The Morgan fingerprint density at radius 1 is 1.53 bits per heavy atom. The summed E-state index contributed by atoms with van der Waals surface area (Å²) in [5.41, 5.74) is -0.371. The molecular weight excluding hydrogens is 186 g/mol. The quantitative estimate of drug-likeness (QED) is 0.694. The first-order chi connectivity index (χ1) is 7.09. The molecule has 1 N–H and O–H groups in total. The van der Waals surface area contributed by atoms with Crippen molar-refractivity contribution in [3.63, 3.8) is 0 Å². The lowest BCUT2D eigenvalue weighted by Crippen LogP contribution is -2.50. The maximum absolute atomic E-state index is 9.20. The summed E-state index contributed by atoms with van der Waals surface area (Å²) in [6.45, 7) is 6.10. The van der Waals surface area contributed by atoms with E-state index in [0.717, 1.165) is 13.1 Å². The standard InChI is InChI=1S/C12H23N3/c1-4-5-8-15(3)10-12(2,9-13)14-11-6-7-11/h11,14H,4-8,10H2,1-3H3. The van der Waals surface area contributed by atoms with E-state index in [2.05, 4.69) is 30.3 Å². The van der Waals surface area contributed by atoms with E-state index in [1.807, 2.05) is 6.92 Å². The lowest BCUT2D eigenvalue weighted by atomic mass is 10.0. The second kappa shape index (κ2) is 5.48. The normalized spacial score (nSPS) is 19.9. The largest absolute Gasteiger partial charge is 0.303 e. The van der Waals surface area contributed by atoms with Crippen molar-refractivity contribution in [1.29, 1.82) is 5.26 Å². The van der Waals surface area contributed by atoms with Gasteiger partial charge in [-0.1, -0.05) is 13.3 Å². The van der Waals surface area contributed by atoms with Crippen LogP contribution in [0.25, 0.3) is 0 Å². The number of nitrogens with zero attached hydrogens (tertiary/aromatic N) is 2. The van der Waals surface area contributed by atoms with Gasteiger partial charge in [-0.3, -0.25) is 5.32 Å². The van der Waals surface area contributed by atoms with Crippen LogP contribution in [0.15, 0.2) is 0 Å². The van der Waals surface area contributed by atoms with Gasteiger partial charge in [-0.05, 0) is 39.8 Å². The maximum atomic E-state index is 9.20. The van der Waals surface area contributed by atoms with E-state index in [-0.39, 0.29) is 5.54 Å². The summed E-state index contributed by atoms with van der Waals surface area (Å²) >= 11 is 0. The van der Waals surface area contributed by atoms with E-state index >= 15 is 0 Å². The van der Waals surface area contributed by atoms with Gasteiger partial charge in [-0.15, -0.1) is 0 Å². The number of hydrogen-bond acceptors (Lipinski definition) is 3. The van der Waals surface area contributed by atoms with Crippen LogP contribution < -0.4 is 5.32 Å². The number of hydrogen-bond donors (Lipinski definition) is 1. The Hall–Kier alpha value is -0.590. The molecule has 1 unspecified atom stereocenters. The second-order valence-electron chi connectivity index (χ2n) is 4.95. The highest BCUT2D eigenvalue weighted by Crippen LogP contribution is 2.22. The molecule has 0 amide bonds. The first-order valence-corrected chi connectivity index (χ1v) is 5.97. The van der Waals surface area contributed by atoms with Crippen LogP contribution in [0.4, 0.5) is 0 Å². The highest BCUT2D eigenvalue weighted by atomic mass is 15.2. The first kappa shape index (κ1) is 12.5. The number of rotatable bonds is 7. The SMILES string of the molecule is CCCCN(C)CC(C)(C#N)NC1CC1. The summed E-state index contributed by atoms with van der Waals surface area (Å²) < 4.78 is 0. The van der Waals surface area contributed by atoms with Crippen LogP contribution in [0.2, 0.25) is 0 Å². The van der Waals surface area contributed by atoms with Crippen LogP contribution in [0.1, 0.15) is 39.5 Å².